The summed E-state index contributed by atoms with van der Waals surface area (Å²) >= 11 is 0. The molecule has 0 aliphatic carbocycles. The van der Waals surface area contributed by atoms with Gasteiger partial charge < -0.3 is 4.57 Å². The van der Waals surface area contributed by atoms with Crippen molar-refractivity contribution in [1.82, 2.24) is 4.57 Å². The first kappa shape index (κ1) is 13.1. The van der Waals surface area contributed by atoms with Crippen molar-refractivity contribution >= 4 is 11.6 Å². The van der Waals surface area contributed by atoms with E-state index < -0.39 is 0 Å². The summed E-state index contributed by atoms with van der Waals surface area (Å²) in [5, 5.41) is 9.26. The van der Waals surface area contributed by atoms with Crippen LogP contribution >= 0.6 is 0 Å². The minimum atomic E-state index is -0.298. The SMILES string of the molecule is Cc1cc(/C=C(/C#N)c2ccc(F)cc2)c(C)n1C. The highest BCUT2D eigenvalue weighted by Gasteiger charge is 2.07. The Morgan fingerprint density at radius 2 is 1.89 bits per heavy atom. The predicted octanol–water partition coefficient (Wildman–Crippen LogP) is 3.85. The molecule has 1 aromatic carbocycles. The van der Waals surface area contributed by atoms with E-state index in [0.717, 1.165) is 22.5 Å². The van der Waals surface area contributed by atoms with E-state index in [1.54, 1.807) is 12.1 Å². The van der Waals surface area contributed by atoms with Gasteiger partial charge in [0, 0.05) is 18.4 Å². The zero-order chi connectivity index (χ0) is 14.0. The second-order valence-corrected chi connectivity index (χ2v) is 4.56. The van der Waals surface area contributed by atoms with Crippen molar-refractivity contribution < 1.29 is 4.39 Å². The van der Waals surface area contributed by atoms with Gasteiger partial charge in [-0.1, -0.05) is 12.1 Å². The summed E-state index contributed by atoms with van der Waals surface area (Å²) in [4.78, 5) is 0. The van der Waals surface area contributed by atoms with Gasteiger partial charge in [0.05, 0.1) is 11.6 Å². The molecule has 0 spiro atoms. The maximum Gasteiger partial charge on any atom is 0.123 e. The van der Waals surface area contributed by atoms with Crippen molar-refractivity contribution in [3.05, 3.63) is 58.7 Å². The molecule has 2 aromatic rings. The normalized spacial score (nSPS) is 11.4. The first-order chi connectivity index (χ1) is 9.02. The van der Waals surface area contributed by atoms with Crippen molar-refractivity contribution in [3.63, 3.8) is 0 Å². The zero-order valence-electron chi connectivity index (χ0n) is 11.2. The van der Waals surface area contributed by atoms with Gasteiger partial charge in [-0.2, -0.15) is 5.26 Å². The number of aromatic nitrogens is 1. The third kappa shape index (κ3) is 2.58. The maximum atomic E-state index is 12.9. The third-order valence-electron chi connectivity index (χ3n) is 3.39. The predicted molar refractivity (Wildman–Crippen MR) is 74.8 cm³/mol. The van der Waals surface area contributed by atoms with Crippen LogP contribution in [-0.2, 0) is 7.05 Å². The highest BCUT2D eigenvalue weighted by Crippen LogP contribution is 2.21. The Kier molecular flexibility index (Phi) is 3.52. The number of nitrogens with zero attached hydrogens (tertiary/aromatic N) is 2. The van der Waals surface area contributed by atoms with Gasteiger partial charge in [-0.05, 0) is 49.2 Å². The Hall–Kier alpha value is -2.34. The maximum absolute atomic E-state index is 12.9. The molecule has 0 aliphatic heterocycles. The van der Waals surface area contributed by atoms with E-state index in [2.05, 4.69) is 10.6 Å². The van der Waals surface area contributed by atoms with Gasteiger partial charge >= 0.3 is 0 Å². The van der Waals surface area contributed by atoms with Crippen LogP contribution < -0.4 is 0 Å². The number of nitriles is 1. The number of rotatable bonds is 2. The lowest BCUT2D eigenvalue weighted by Crippen LogP contribution is -1.93. The van der Waals surface area contributed by atoms with Crippen LogP contribution in [0.25, 0.3) is 11.6 Å². The zero-order valence-corrected chi connectivity index (χ0v) is 11.2. The van der Waals surface area contributed by atoms with Gasteiger partial charge in [-0.15, -0.1) is 0 Å². The van der Waals surface area contributed by atoms with Gasteiger partial charge in [0.2, 0.25) is 0 Å². The highest BCUT2D eigenvalue weighted by molar-refractivity contribution is 5.90. The molecule has 2 nitrogen and oxygen atoms in total. The molecule has 0 saturated heterocycles. The molecule has 0 radical (unpaired) electrons. The molecule has 0 amide bonds. The summed E-state index contributed by atoms with van der Waals surface area (Å²) in [5.41, 5.74) is 4.52. The quantitative estimate of drug-likeness (QED) is 0.748. The fraction of sp³-hybridized carbons (Fsp3) is 0.188. The van der Waals surface area contributed by atoms with Crippen LogP contribution in [-0.4, -0.2) is 4.57 Å². The summed E-state index contributed by atoms with van der Waals surface area (Å²) in [6, 6.07) is 10.2. The van der Waals surface area contributed by atoms with Crippen molar-refractivity contribution in [2.75, 3.05) is 0 Å². The lowest BCUT2D eigenvalue weighted by molar-refractivity contribution is 0.627. The first-order valence-electron chi connectivity index (χ1n) is 6.03. The Morgan fingerprint density at radius 1 is 1.26 bits per heavy atom. The Bertz CT molecular complexity index is 670. The largest absolute Gasteiger partial charge is 0.352 e. The number of halogens is 1. The molecule has 0 fully saturated rings. The molecule has 1 heterocycles. The van der Waals surface area contributed by atoms with Gasteiger partial charge in [0.25, 0.3) is 0 Å². The Morgan fingerprint density at radius 3 is 2.37 bits per heavy atom. The van der Waals surface area contributed by atoms with Crippen LogP contribution in [0.1, 0.15) is 22.5 Å². The molecule has 1 aromatic heterocycles. The topological polar surface area (TPSA) is 28.7 Å². The summed E-state index contributed by atoms with van der Waals surface area (Å²) in [7, 11) is 1.99. The molecule has 0 unspecified atom stereocenters. The van der Waals surface area contributed by atoms with Crippen LogP contribution in [0.5, 0.6) is 0 Å². The number of allylic oxidation sites excluding steroid dienone is 1. The van der Waals surface area contributed by atoms with Gasteiger partial charge in [0.15, 0.2) is 0 Å². The van der Waals surface area contributed by atoms with Crippen molar-refractivity contribution in [2.24, 2.45) is 7.05 Å². The Labute approximate surface area is 112 Å². The fourth-order valence-electron chi connectivity index (χ4n) is 2.00. The standard InChI is InChI=1S/C16H15FN2/c1-11-8-14(12(2)19(11)3)9-15(10-18)13-4-6-16(17)7-5-13/h4-9H,1-3H3/b15-9-. The number of benzene rings is 1. The second-order valence-electron chi connectivity index (χ2n) is 4.56. The van der Waals surface area contributed by atoms with Crippen LogP contribution in [0.4, 0.5) is 4.39 Å². The van der Waals surface area contributed by atoms with E-state index in [4.69, 9.17) is 0 Å². The van der Waals surface area contributed by atoms with Crippen LogP contribution in [0.15, 0.2) is 30.3 Å². The monoisotopic (exact) mass is 254 g/mol. The van der Waals surface area contributed by atoms with E-state index in [0.29, 0.717) is 5.57 Å². The minimum absolute atomic E-state index is 0.298. The molecule has 0 N–H and O–H groups in total. The van der Waals surface area contributed by atoms with Gasteiger partial charge in [-0.25, -0.2) is 4.39 Å². The second kappa shape index (κ2) is 5.11. The molecule has 3 heteroatoms. The first-order valence-corrected chi connectivity index (χ1v) is 6.03. The number of aryl methyl sites for hydroxylation is 1. The van der Waals surface area contributed by atoms with Crippen molar-refractivity contribution in [3.8, 4) is 6.07 Å². The van der Waals surface area contributed by atoms with Crippen molar-refractivity contribution in [2.45, 2.75) is 13.8 Å². The molecule has 96 valence electrons. The average Bonchev–Trinajstić information content (AvgIpc) is 2.65. The van der Waals surface area contributed by atoms with Crippen LogP contribution in [0.3, 0.4) is 0 Å². The highest BCUT2D eigenvalue weighted by atomic mass is 19.1. The average molecular weight is 254 g/mol. The molecular weight excluding hydrogens is 239 g/mol. The lowest BCUT2D eigenvalue weighted by Gasteiger charge is -2.01. The van der Waals surface area contributed by atoms with Gasteiger partial charge in [-0.3, -0.25) is 0 Å². The molecule has 0 atom stereocenters. The molecule has 2 rings (SSSR count). The van der Waals surface area contributed by atoms with Crippen molar-refractivity contribution in [1.29, 1.82) is 5.26 Å². The molecular formula is C16H15FN2. The summed E-state index contributed by atoms with van der Waals surface area (Å²) in [5.74, 6) is -0.298. The summed E-state index contributed by atoms with van der Waals surface area (Å²) in [6.45, 7) is 4.03. The summed E-state index contributed by atoms with van der Waals surface area (Å²) < 4.78 is 15.0. The minimum Gasteiger partial charge on any atom is -0.352 e. The number of hydrogen-bond acceptors (Lipinski definition) is 1. The summed E-state index contributed by atoms with van der Waals surface area (Å²) in [6.07, 6.45) is 1.84. The van der Waals surface area contributed by atoms with E-state index in [-0.39, 0.29) is 5.82 Å². The fourth-order valence-corrected chi connectivity index (χ4v) is 2.00. The Balaban J connectivity index is 2.47. The van der Waals surface area contributed by atoms with E-state index in [1.165, 1.54) is 12.1 Å². The molecule has 19 heavy (non-hydrogen) atoms. The van der Waals surface area contributed by atoms with E-state index in [9.17, 15) is 9.65 Å². The lowest BCUT2D eigenvalue weighted by atomic mass is 10.0. The smallest absolute Gasteiger partial charge is 0.123 e. The number of hydrogen-bond donors (Lipinski definition) is 0. The van der Waals surface area contributed by atoms with Gasteiger partial charge in [0.1, 0.15) is 5.82 Å². The van der Waals surface area contributed by atoms with Crippen LogP contribution in [0, 0.1) is 31.0 Å². The van der Waals surface area contributed by atoms with E-state index in [1.807, 2.05) is 33.0 Å². The van der Waals surface area contributed by atoms with Crippen LogP contribution in [0.2, 0.25) is 0 Å². The third-order valence-corrected chi connectivity index (χ3v) is 3.39. The molecule has 0 saturated carbocycles. The van der Waals surface area contributed by atoms with E-state index >= 15 is 0 Å². The molecule has 0 bridgehead atoms. The molecule has 0 aliphatic rings.